The molecule has 0 radical (unpaired) electrons. The third-order valence-electron chi connectivity index (χ3n) is 4.82. The molecule has 7 heteroatoms. The van der Waals surface area contributed by atoms with Gasteiger partial charge in [-0.3, -0.25) is 4.99 Å². The first-order chi connectivity index (χ1) is 15.3. The predicted octanol–water partition coefficient (Wildman–Crippen LogP) is 5.74. The molecule has 0 fully saturated rings. The van der Waals surface area contributed by atoms with Gasteiger partial charge in [0.25, 0.3) is 0 Å². The smallest absolute Gasteiger partial charge is 0.227 e. The van der Waals surface area contributed by atoms with Crippen molar-refractivity contribution in [2.75, 3.05) is 11.9 Å². The highest BCUT2D eigenvalue weighted by Crippen LogP contribution is 2.24. The lowest BCUT2D eigenvalue weighted by molar-refractivity contribution is 0.229. The van der Waals surface area contributed by atoms with Gasteiger partial charge in [0.1, 0.15) is 23.4 Å². The van der Waals surface area contributed by atoms with E-state index in [2.05, 4.69) is 10.3 Å². The second-order valence-electron chi connectivity index (χ2n) is 7.52. The molecule has 0 saturated heterocycles. The van der Waals surface area contributed by atoms with Gasteiger partial charge in [0.05, 0.1) is 11.6 Å². The summed E-state index contributed by atoms with van der Waals surface area (Å²) in [6, 6.07) is 19.1. The van der Waals surface area contributed by atoms with Crippen LogP contribution in [0.15, 0.2) is 71.7 Å². The standard InChI is InChI=1S/C25H27ClFN3O2/c1-16-11-12-20(13-17(16)2)30-25(32-21-8-6-7-19(27)14-21)24(28)29-15-18(3)31-23-10-5-4-9-22(23)26/h4-14,18,25,30H,15H2,1-3H3,(H2,28,29). The SMILES string of the molecule is Cc1ccc(NC(Oc2cccc(F)c2)C(N)=NCC(C)Oc2ccccc2Cl)cc1C. The van der Waals surface area contributed by atoms with Crippen molar-refractivity contribution < 1.29 is 13.9 Å². The summed E-state index contributed by atoms with van der Waals surface area (Å²) in [5.74, 6) is 0.730. The lowest BCUT2D eigenvalue weighted by atomic mass is 10.1. The maximum atomic E-state index is 13.6. The minimum atomic E-state index is -0.800. The van der Waals surface area contributed by atoms with Crippen LogP contribution in [0.25, 0.3) is 0 Å². The summed E-state index contributed by atoms with van der Waals surface area (Å²) in [7, 11) is 0. The van der Waals surface area contributed by atoms with Crippen LogP contribution >= 0.6 is 11.6 Å². The number of anilines is 1. The molecular formula is C25H27ClFN3O2. The summed E-state index contributed by atoms with van der Waals surface area (Å²) in [5.41, 5.74) is 9.38. The molecule has 5 nitrogen and oxygen atoms in total. The molecule has 0 heterocycles. The summed E-state index contributed by atoms with van der Waals surface area (Å²) in [4.78, 5) is 4.45. The first-order valence-electron chi connectivity index (χ1n) is 10.3. The fourth-order valence-electron chi connectivity index (χ4n) is 2.93. The van der Waals surface area contributed by atoms with E-state index < -0.39 is 12.0 Å². The second kappa shape index (κ2) is 10.9. The van der Waals surface area contributed by atoms with Crippen LogP contribution in [0.1, 0.15) is 18.1 Å². The van der Waals surface area contributed by atoms with Gasteiger partial charge >= 0.3 is 0 Å². The zero-order chi connectivity index (χ0) is 23.1. The fraction of sp³-hybridized carbons (Fsp3) is 0.240. The summed E-state index contributed by atoms with van der Waals surface area (Å²) in [5, 5.41) is 3.76. The normalized spacial score (nSPS) is 13.3. The van der Waals surface area contributed by atoms with E-state index in [-0.39, 0.29) is 18.5 Å². The number of ether oxygens (including phenoxy) is 2. The number of rotatable bonds is 9. The Morgan fingerprint density at radius 2 is 1.81 bits per heavy atom. The van der Waals surface area contributed by atoms with Crippen LogP contribution in [0.4, 0.5) is 10.1 Å². The third kappa shape index (κ3) is 6.62. The molecular weight excluding hydrogens is 429 g/mol. The summed E-state index contributed by atoms with van der Waals surface area (Å²) in [6.45, 7) is 6.22. The van der Waals surface area contributed by atoms with Crippen LogP contribution in [0.3, 0.4) is 0 Å². The molecule has 2 unspecified atom stereocenters. The van der Waals surface area contributed by atoms with Crippen LogP contribution < -0.4 is 20.5 Å². The van der Waals surface area contributed by atoms with Crippen molar-refractivity contribution in [3.63, 3.8) is 0 Å². The van der Waals surface area contributed by atoms with Gasteiger partial charge in [-0.1, -0.05) is 35.9 Å². The van der Waals surface area contributed by atoms with Crippen LogP contribution in [0.5, 0.6) is 11.5 Å². The van der Waals surface area contributed by atoms with Gasteiger partial charge in [0.15, 0.2) is 5.84 Å². The third-order valence-corrected chi connectivity index (χ3v) is 5.13. The number of benzene rings is 3. The highest BCUT2D eigenvalue weighted by molar-refractivity contribution is 6.32. The molecule has 3 N–H and O–H groups in total. The van der Waals surface area contributed by atoms with Crippen LogP contribution in [-0.2, 0) is 0 Å². The maximum Gasteiger partial charge on any atom is 0.227 e. The van der Waals surface area contributed by atoms with E-state index in [1.807, 2.05) is 51.1 Å². The first-order valence-corrected chi connectivity index (χ1v) is 10.7. The summed E-state index contributed by atoms with van der Waals surface area (Å²) >= 11 is 6.15. The van der Waals surface area contributed by atoms with E-state index >= 15 is 0 Å². The van der Waals surface area contributed by atoms with E-state index in [1.165, 1.54) is 17.7 Å². The lowest BCUT2D eigenvalue weighted by Crippen LogP contribution is -2.41. The molecule has 3 aromatic carbocycles. The molecule has 168 valence electrons. The molecule has 0 bridgehead atoms. The highest BCUT2D eigenvalue weighted by atomic mass is 35.5. The number of halogens is 2. The molecule has 0 saturated carbocycles. The van der Waals surface area contributed by atoms with Gasteiger partial charge in [-0.05, 0) is 68.3 Å². The molecule has 0 aliphatic carbocycles. The lowest BCUT2D eigenvalue weighted by Gasteiger charge is -2.22. The van der Waals surface area contributed by atoms with Gasteiger partial charge in [0.2, 0.25) is 6.23 Å². The second-order valence-corrected chi connectivity index (χ2v) is 7.93. The van der Waals surface area contributed by atoms with Crippen molar-refractivity contribution in [1.29, 1.82) is 0 Å². The average molecular weight is 456 g/mol. The van der Waals surface area contributed by atoms with E-state index in [9.17, 15) is 4.39 Å². The van der Waals surface area contributed by atoms with Gasteiger partial charge < -0.3 is 20.5 Å². The van der Waals surface area contributed by atoms with Gasteiger partial charge in [-0.15, -0.1) is 0 Å². The van der Waals surface area contributed by atoms with Crippen LogP contribution in [0, 0.1) is 19.7 Å². The number of hydrogen-bond donors (Lipinski definition) is 2. The number of aliphatic imine (C=N–C) groups is 1. The number of nitrogens with two attached hydrogens (primary N) is 1. The van der Waals surface area contributed by atoms with E-state index in [1.54, 1.807) is 24.3 Å². The van der Waals surface area contributed by atoms with Crippen molar-refractivity contribution >= 4 is 23.1 Å². The van der Waals surface area contributed by atoms with E-state index in [0.29, 0.717) is 16.5 Å². The Labute approximate surface area is 193 Å². The molecule has 0 spiro atoms. The van der Waals surface area contributed by atoms with E-state index in [0.717, 1.165) is 11.3 Å². The molecule has 3 rings (SSSR count). The van der Waals surface area contributed by atoms with Gasteiger partial charge in [-0.2, -0.15) is 0 Å². The molecule has 0 aliphatic rings. The molecule has 2 atom stereocenters. The number of nitrogens with zero attached hydrogens (tertiary/aromatic N) is 1. The van der Waals surface area contributed by atoms with Gasteiger partial charge in [0, 0.05) is 11.8 Å². The topological polar surface area (TPSA) is 68.9 Å². The molecule has 32 heavy (non-hydrogen) atoms. The van der Waals surface area contributed by atoms with Crippen molar-refractivity contribution in [3.8, 4) is 11.5 Å². The number of aryl methyl sites for hydroxylation is 2. The number of para-hydroxylation sites is 1. The highest BCUT2D eigenvalue weighted by Gasteiger charge is 2.17. The van der Waals surface area contributed by atoms with Crippen molar-refractivity contribution in [2.24, 2.45) is 10.7 Å². The largest absolute Gasteiger partial charge is 0.487 e. The molecule has 0 aliphatic heterocycles. The Morgan fingerprint density at radius 1 is 1.03 bits per heavy atom. The zero-order valence-electron chi connectivity index (χ0n) is 18.3. The Kier molecular flexibility index (Phi) is 7.95. The Balaban J connectivity index is 1.75. The van der Waals surface area contributed by atoms with Gasteiger partial charge in [-0.25, -0.2) is 4.39 Å². The number of hydrogen-bond acceptors (Lipinski definition) is 4. The minimum Gasteiger partial charge on any atom is -0.487 e. The average Bonchev–Trinajstić information content (AvgIpc) is 2.76. The quantitative estimate of drug-likeness (QED) is 0.245. The van der Waals surface area contributed by atoms with Crippen molar-refractivity contribution in [3.05, 3.63) is 88.7 Å². The molecule has 3 aromatic rings. The summed E-state index contributed by atoms with van der Waals surface area (Å²) in [6.07, 6.45) is -1.07. The fourth-order valence-corrected chi connectivity index (χ4v) is 3.11. The minimum absolute atomic E-state index is 0.210. The Morgan fingerprint density at radius 3 is 2.53 bits per heavy atom. The van der Waals surface area contributed by atoms with E-state index in [4.69, 9.17) is 26.8 Å². The maximum absolute atomic E-state index is 13.6. The van der Waals surface area contributed by atoms with Crippen molar-refractivity contribution in [1.82, 2.24) is 0 Å². The molecule has 0 amide bonds. The van der Waals surface area contributed by atoms with Crippen LogP contribution in [-0.4, -0.2) is 24.7 Å². The Bertz CT molecular complexity index is 1090. The van der Waals surface area contributed by atoms with Crippen LogP contribution in [0.2, 0.25) is 5.02 Å². The number of nitrogens with one attached hydrogen (secondary N) is 1. The van der Waals surface area contributed by atoms with Crippen molar-refractivity contribution in [2.45, 2.75) is 33.1 Å². The monoisotopic (exact) mass is 455 g/mol. The summed E-state index contributed by atoms with van der Waals surface area (Å²) < 4.78 is 25.4. The number of amidine groups is 1. The first kappa shape index (κ1) is 23.4. The predicted molar refractivity (Wildman–Crippen MR) is 128 cm³/mol. The zero-order valence-corrected chi connectivity index (χ0v) is 19.1. The molecule has 0 aromatic heterocycles. The Hall–Kier alpha value is -3.25.